The summed E-state index contributed by atoms with van der Waals surface area (Å²) < 4.78 is 11.1. The van der Waals surface area contributed by atoms with Gasteiger partial charge in [0.2, 0.25) is 5.91 Å². The normalized spacial score (nSPS) is 21.8. The van der Waals surface area contributed by atoms with Crippen LogP contribution >= 0.6 is 0 Å². The molecule has 1 rings (SSSR count). The van der Waals surface area contributed by atoms with E-state index < -0.39 is 49.5 Å². The number of hydrogen-bond donors (Lipinski definition) is 6. The number of aliphatic hydroxyl groups is 5. The predicted molar refractivity (Wildman–Crippen MR) is 244 cm³/mol. The third-order valence-electron chi connectivity index (χ3n) is 9.83. The molecule has 0 aromatic heterocycles. The zero-order chi connectivity index (χ0) is 43.0. The van der Waals surface area contributed by atoms with Crippen LogP contribution in [0.1, 0.15) is 142 Å². The lowest BCUT2D eigenvalue weighted by atomic mass is 9.99. The Morgan fingerprint density at radius 2 is 1.07 bits per heavy atom. The maximum atomic E-state index is 12.9. The maximum absolute atomic E-state index is 12.9. The average molecular weight is 824 g/mol. The second-order valence-electron chi connectivity index (χ2n) is 15.1. The van der Waals surface area contributed by atoms with Crippen molar-refractivity contribution >= 4 is 5.91 Å². The van der Waals surface area contributed by atoms with Crippen LogP contribution in [0.25, 0.3) is 0 Å². The van der Waals surface area contributed by atoms with E-state index in [2.05, 4.69) is 116 Å². The van der Waals surface area contributed by atoms with Gasteiger partial charge in [-0.25, -0.2) is 0 Å². The lowest BCUT2D eigenvalue weighted by Crippen LogP contribution is -2.60. The van der Waals surface area contributed by atoms with Crippen molar-refractivity contribution in [2.24, 2.45) is 0 Å². The molecule has 1 aliphatic heterocycles. The van der Waals surface area contributed by atoms with Crippen LogP contribution < -0.4 is 5.32 Å². The molecule has 7 atom stereocenters. The third kappa shape index (κ3) is 29.7. The minimum atomic E-state index is -1.58. The number of carbonyl (C=O) groups excluding carboxylic acids is 1. The van der Waals surface area contributed by atoms with E-state index >= 15 is 0 Å². The van der Waals surface area contributed by atoms with Gasteiger partial charge in [0, 0.05) is 6.42 Å². The molecule has 0 bridgehead atoms. The molecular formula is C50H81NO8. The van der Waals surface area contributed by atoms with Crippen LogP contribution in [0, 0.1) is 0 Å². The largest absolute Gasteiger partial charge is 0.394 e. The topological polar surface area (TPSA) is 149 Å². The van der Waals surface area contributed by atoms with E-state index in [4.69, 9.17) is 9.47 Å². The van der Waals surface area contributed by atoms with Crippen molar-refractivity contribution in [3.8, 4) is 0 Å². The molecule has 1 fully saturated rings. The molecule has 0 spiro atoms. The van der Waals surface area contributed by atoms with E-state index in [1.165, 1.54) is 19.3 Å². The van der Waals surface area contributed by atoms with Crippen LogP contribution in [0.3, 0.4) is 0 Å². The van der Waals surface area contributed by atoms with Gasteiger partial charge in [-0.05, 0) is 89.9 Å². The van der Waals surface area contributed by atoms with Crippen LogP contribution in [-0.4, -0.2) is 87.5 Å². The van der Waals surface area contributed by atoms with Gasteiger partial charge in [-0.3, -0.25) is 4.79 Å². The summed E-state index contributed by atoms with van der Waals surface area (Å²) in [5.41, 5.74) is 0. The van der Waals surface area contributed by atoms with E-state index in [1.54, 1.807) is 6.08 Å². The van der Waals surface area contributed by atoms with Gasteiger partial charge in [0.15, 0.2) is 6.29 Å². The number of carbonyl (C=O) groups is 1. The number of aliphatic hydroxyl groups excluding tert-OH is 5. The monoisotopic (exact) mass is 824 g/mol. The number of allylic oxidation sites excluding steroid dienone is 17. The van der Waals surface area contributed by atoms with E-state index in [9.17, 15) is 30.3 Å². The van der Waals surface area contributed by atoms with Crippen LogP contribution in [-0.2, 0) is 14.3 Å². The van der Waals surface area contributed by atoms with Gasteiger partial charge in [-0.1, -0.05) is 155 Å². The van der Waals surface area contributed by atoms with Gasteiger partial charge in [-0.15, -0.1) is 0 Å². The highest BCUT2D eigenvalue weighted by Gasteiger charge is 2.44. The Morgan fingerprint density at radius 1 is 0.593 bits per heavy atom. The molecule has 9 nitrogen and oxygen atoms in total. The Labute approximate surface area is 357 Å². The first-order chi connectivity index (χ1) is 28.8. The molecule has 0 aliphatic carbocycles. The summed E-state index contributed by atoms with van der Waals surface area (Å²) in [6.45, 7) is 3.54. The Morgan fingerprint density at radius 3 is 1.63 bits per heavy atom. The maximum Gasteiger partial charge on any atom is 0.220 e. The van der Waals surface area contributed by atoms with Crippen molar-refractivity contribution in [3.05, 3.63) is 109 Å². The van der Waals surface area contributed by atoms with Gasteiger partial charge < -0.3 is 40.3 Å². The fraction of sp³-hybridized carbons (Fsp3) is 0.620. The molecule has 0 aromatic carbocycles. The fourth-order valence-corrected chi connectivity index (χ4v) is 6.21. The Hall–Kier alpha value is -3.15. The highest BCUT2D eigenvalue weighted by molar-refractivity contribution is 5.76. The smallest absolute Gasteiger partial charge is 0.220 e. The van der Waals surface area contributed by atoms with Gasteiger partial charge in [0.05, 0.1) is 25.4 Å². The van der Waals surface area contributed by atoms with Crippen LogP contribution in [0.4, 0.5) is 0 Å². The number of amides is 1. The van der Waals surface area contributed by atoms with Crippen molar-refractivity contribution in [1.29, 1.82) is 0 Å². The van der Waals surface area contributed by atoms with E-state index in [-0.39, 0.29) is 12.5 Å². The fourth-order valence-electron chi connectivity index (χ4n) is 6.21. The molecule has 1 amide bonds. The number of hydrogen-bond acceptors (Lipinski definition) is 8. The second kappa shape index (κ2) is 39.0. The molecule has 59 heavy (non-hydrogen) atoms. The molecule has 0 saturated carbocycles. The van der Waals surface area contributed by atoms with E-state index in [0.717, 1.165) is 103 Å². The third-order valence-corrected chi connectivity index (χ3v) is 9.83. The first-order valence-corrected chi connectivity index (χ1v) is 22.6. The van der Waals surface area contributed by atoms with E-state index in [1.807, 2.05) is 6.08 Å². The Kier molecular flexibility index (Phi) is 35.6. The van der Waals surface area contributed by atoms with Crippen molar-refractivity contribution in [3.63, 3.8) is 0 Å². The summed E-state index contributed by atoms with van der Waals surface area (Å²) in [6.07, 6.45) is 50.0. The highest BCUT2D eigenvalue weighted by atomic mass is 16.7. The number of rotatable bonds is 35. The van der Waals surface area contributed by atoms with Crippen molar-refractivity contribution in [2.75, 3.05) is 13.2 Å². The summed E-state index contributed by atoms with van der Waals surface area (Å²) in [4.78, 5) is 12.9. The summed E-state index contributed by atoms with van der Waals surface area (Å²) in [7, 11) is 0. The van der Waals surface area contributed by atoms with Gasteiger partial charge in [0.25, 0.3) is 0 Å². The number of unbranched alkanes of at least 4 members (excludes halogenated alkanes) is 9. The van der Waals surface area contributed by atoms with Gasteiger partial charge in [0.1, 0.15) is 24.4 Å². The van der Waals surface area contributed by atoms with Gasteiger partial charge >= 0.3 is 0 Å². The predicted octanol–water partition coefficient (Wildman–Crippen LogP) is 9.50. The number of nitrogens with one attached hydrogen (secondary N) is 1. The molecule has 7 unspecified atom stereocenters. The molecule has 0 aromatic rings. The van der Waals surface area contributed by atoms with Crippen LogP contribution in [0.15, 0.2) is 109 Å². The zero-order valence-corrected chi connectivity index (χ0v) is 36.5. The molecule has 334 valence electrons. The zero-order valence-electron chi connectivity index (χ0n) is 36.5. The Bertz CT molecular complexity index is 1280. The SMILES string of the molecule is CC/C=C\C/C=C\C/C=C\C/C=C\C/C=C\C/C=C\C/C=C\CCCCCCCC(=O)NC(COC1OC(CO)C(O)C(O)C1O)C(O)/C=C/CC/C=C/CCCCC. The number of ether oxygens (including phenoxy) is 2. The molecule has 9 heteroatoms. The molecule has 1 aliphatic rings. The second-order valence-corrected chi connectivity index (χ2v) is 15.1. The van der Waals surface area contributed by atoms with Crippen molar-refractivity contribution in [2.45, 2.75) is 185 Å². The van der Waals surface area contributed by atoms with Gasteiger partial charge in [-0.2, -0.15) is 0 Å². The van der Waals surface area contributed by atoms with Crippen LogP contribution in [0.2, 0.25) is 0 Å². The summed E-state index contributed by atoms with van der Waals surface area (Å²) in [5.74, 6) is -0.216. The molecule has 0 radical (unpaired) electrons. The van der Waals surface area contributed by atoms with Crippen molar-refractivity contribution < 1.29 is 39.8 Å². The molecule has 1 heterocycles. The molecular weight excluding hydrogens is 743 g/mol. The Balaban J connectivity index is 2.30. The van der Waals surface area contributed by atoms with Crippen LogP contribution in [0.5, 0.6) is 0 Å². The first kappa shape index (κ1) is 53.9. The quantitative estimate of drug-likeness (QED) is 0.0274. The summed E-state index contributed by atoms with van der Waals surface area (Å²) in [5, 5.41) is 53.9. The molecule has 6 N–H and O–H groups in total. The summed E-state index contributed by atoms with van der Waals surface area (Å²) >= 11 is 0. The van der Waals surface area contributed by atoms with Crippen molar-refractivity contribution in [1.82, 2.24) is 5.32 Å². The minimum Gasteiger partial charge on any atom is -0.394 e. The standard InChI is InChI=1S/C50H81NO8/c1-3-5-7-9-11-13-14-15-16-17-18-19-20-21-22-23-24-25-26-27-28-29-30-32-34-36-38-40-46(54)51-43(44(53)39-37-35-33-31-12-10-8-6-4-2)42-58-50-49(57)48(56)47(55)45(41-52)59-50/h5,7,11-13,15-16,18-19,21-22,24-25,27-28,31,37,39,43-45,47-50,52-53,55-57H,3-4,6,8-10,14,17,20,23,26,29-30,32-36,38,40-42H2,1-2H3,(H,51,54)/b7-5-,13-11-,16-15-,19-18-,22-21-,25-24-,28-27-,31-12+,39-37+. The van der Waals surface area contributed by atoms with E-state index in [0.29, 0.717) is 6.42 Å². The lowest BCUT2D eigenvalue weighted by molar-refractivity contribution is -0.302. The summed E-state index contributed by atoms with van der Waals surface area (Å²) in [6, 6.07) is -0.838. The lowest BCUT2D eigenvalue weighted by Gasteiger charge is -2.40. The average Bonchev–Trinajstić information content (AvgIpc) is 3.23. The minimum absolute atomic E-state index is 0.216. The molecule has 1 saturated heterocycles. The first-order valence-electron chi connectivity index (χ1n) is 22.6. The highest BCUT2D eigenvalue weighted by Crippen LogP contribution is 2.22.